The van der Waals surface area contributed by atoms with Gasteiger partial charge in [0.1, 0.15) is 18.3 Å². The summed E-state index contributed by atoms with van der Waals surface area (Å²) in [7, 11) is 0. The van der Waals surface area contributed by atoms with E-state index in [-0.39, 0.29) is 24.3 Å². The van der Waals surface area contributed by atoms with Crippen LogP contribution >= 0.6 is 0 Å². The smallest absolute Gasteiger partial charge is 0.338 e. The Bertz CT molecular complexity index is 712. The van der Waals surface area contributed by atoms with Gasteiger partial charge in [0.05, 0.1) is 0 Å². The lowest BCUT2D eigenvalue weighted by Gasteiger charge is -2.32. The van der Waals surface area contributed by atoms with Crippen molar-refractivity contribution >= 4 is 18.0 Å². The first kappa shape index (κ1) is 16.3. The molecule has 0 aromatic heterocycles. The van der Waals surface area contributed by atoms with E-state index in [0.29, 0.717) is 5.56 Å². The lowest BCUT2D eigenvalue weighted by atomic mass is 9.82. The summed E-state index contributed by atoms with van der Waals surface area (Å²) < 4.78 is 9.96. The average molecular weight is 336 g/mol. The van der Waals surface area contributed by atoms with E-state index >= 15 is 0 Å². The van der Waals surface area contributed by atoms with E-state index in [2.05, 4.69) is 0 Å². The molecule has 2 bridgehead atoms. The monoisotopic (exact) mass is 336 g/mol. The maximum Gasteiger partial charge on any atom is 0.338 e. The third-order valence-corrected chi connectivity index (χ3v) is 4.16. The second-order valence-corrected chi connectivity index (χ2v) is 5.93. The van der Waals surface area contributed by atoms with Crippen LogP contribution in [0.5, 0.6) is 11.5 Å². The first-order valence-corrected chi connectivity index (χ1v) is 7.31. The van der Waals surface area contributed by atoms with Crippen LogP contribution in [0.2, 0.25) is 0 Å². The fourth-order valence-electron chi connectivity index (χ4n) is 2.86. The van der Waals surface area contributed by atoms with Crippen LogP contribution in [0.1, 0.15) is 18.4 Å². The number of hydrogen-bond donors (Lipinski definition) is 4. The van der Waals surface area contributed by atoms with Crippen molar-refractivity contribution in [3.63, 3.8) is 0 Å². The number of hydrogen-bond acceptors (Lipinski definition) is 8. The molecule has 1 saturated heterocycles. The minimum Gasteiger partial charge on any atom is -0.504 e. The predicted molar refractivity (Wildman–Crippen MR) is 78.8 cm³/mol. The number of carbonyl (C=O) groups excluding carboxylic acids is 2. The molecule has 0 spiro atoms. The maximum atomic E-state index is 11.9. The molecule has 8 heteroatoms. The Kier molecular flexibility index (Phi) is 3.94. The van der Waals surface area contributed by atoms with Crippen molar-refractivity contribution in [2.24, 2.45) is 0 Å². The molecular formula is C16H16O8. The number of phenolic OH excluding ortho intramolecular Hbond substituents is 2. The van der Waals surface area contributed by atoms with E-state index in [1.165, 1.54) is 24.3 Å². The molecule has 4 N–H and O–H groups in total. The van der Waals surface area contributed by atoms with Crippen LogP contribution in [0, 0.1) is 0 Å². The molecule has 0 amide bonds. The molecule has 2 fully saturated rings. The van der Waals surface area contributed by atoms with Gasteiger partial charge in [-0.15, -0.1) is 0 Å². The van der Waals surface area contributed by atoms with Gasteiger partial charge >= 0.3 is 11.9 Å². The molecule has 1 heterocycles. The van der Waals surface area contributed by atoms with Gasteiger partial charge in [0.2, 0.25) is 0 Å². The van der Waals surface area contributed by atoms with Gasteiger partial charge in [0.15, 0.2) is 17.1 Å². The zero-order chi connectivity index (χ0) is 17.5. The van der Waals surface area contributed by atoms with Gasteiger partial charge in [-0.1, -0.05) is 6.07 Å². The Morgan fingerprint density at radius 2 is 2.04 bits per heavy atom. The molecule has 3 rings (SSSR count). The Labute approximate surface area is 136 Å². The molecule has 1 aromatic rings. The fraction of sp³-hybridized carbons (Fsp3) is 0.375. The van der Waals surface area contributed by atoms with Crippen LogP contribution in [0.15, 0.2) is 24.3 Å². The van der Waals surface area contributed by atoms with E-state index in [4.69, 9.17) is 9.47 Å². The Hall–Kier alpha value is -2.58. The van der Waals surface area contributed by atoms with Crippen molar-refractivity contribution in [1.82, 2.24) is 0 Å². The molecule has 1 aliphatic carbocycles. The standard InChI is InChI=1S/C16H16O8/c17-9-3-1-8(5-10(9)18)2-4-13(19)23-11-6-16(22)7-12(14(11)20)24-15(16)21/h1-5,11-12,14,17-18,20,22H,6-7H2/b4-2+/t11-,12-,14-,16-/m1/s1. The van der Waals surface area contributed by atoms with Gasteiger partial charge in [-0.2, -0.15) is 0 Å². The molecular weight excluding hydrogens is 320 g/mol. The molecule has 2 aliphatic rings. The SMILES string of the molecule is O=C(/C=C/c1ccc(O)c(O)c1)O[C@@H]1C[C@@]2(O)C[C@@H](OC2=O)[C@@H]1O. The highest BCUT2D eigenvalue weighted by atomic mass is 16.6. The highest BCUT2D eigenvalue weighted by molar-refractivity contribution is 5.87. The van der Waals surface area contributed by atoms with E-state index in [9.17, 15) is 30.0 Å². The van der Waals surface area contributed by atoms with Crippen molar-refractivity contribution in [2.75, 3.05) is 0 Å². The van der Waals surface area contributed by atoms with Crippen molar-refractivity contribution in [3.8, 4) is 11.5 Å². The Morgan fingerprint density at radius 3 is 2.75 bits per heavy atom. The average Bonchev–Trinajstić information content (AvgIpc) is 2.78. The van der Waals surface area contributed by atoms with Crippen LogP contribution in [0.3, 0.4) is 0 Å². The van der Waals surface area contributed by atoms with Crippen LogP contribution in [-0.2, 0) is 19.1 Å². The van der Waals surface area contributed by atoms with Crippen molar-refractivity contribution in [1.29, 1.82) is 0 Å². The fourth-order valence-corrected chi connectivity index (χ4v) is 2.86. The first-order valence-electron chi connectivity index (χ1n) is 7.31. The maximum absolute atomic E-state index is 11.9. The van der Waals surface area contributed by atoms with E-state index in [1.54, 1.807) is 0 Å². The minimum absolute atomic E-state index is 0.0241. The Balaban J connectivity index is 1.65. The van der Waals surface area contributed by atoms with Gasteiger partial charge in [-0.05, 0) is 23.8 Å². The molecule has 0 radical (unpaired) electrons. The van der Waals surface area contributed by atoms with Crippen LogP contribution in [0.25, 0.3) is 6.08 Å². The number of fused-ring (bicyclic) bond motifs is 2. The lowest BCUT2D eigenvalue weighted by molar-refractivity contribution is -0.162. The summed E-state index contributed by atoms with van der Waals surface area (Å²) in [4.78, 5) is 23.4. The van der Waals surface area contributed by atoms with Crippen molar-refractivity contribution in [3.05, 3.63) is 29.8 Å². The topological polar surface area (TPSA) is 134 Å². The molecule has 1 saturated carbocycles. The number of aromatic hydroxyl groups is 2. The number of benzene rings is 1. The third-order valence-electron chi connectivity index (χ3n) is 4.16. The van der Waals surface area contributed by atoms with E-state index < -0.39 is 35.9 Å². The normalized spacial score (nSPS) is 31.9. The van der Waals surface area contributed by atoms with Gasteiger partial charge < -0.3 is 29.9 Å². The number of aliphatic hydroxyl groups is 2. The van der Waals surface area contributed by atoms with Crippen LogP contribution in [-0.4, -0.2) is 56.3 Å². The van der Waals surface area contributed by atoms with E-state index in [1.807, 2.05) is 0 Å². The minimum atomic E-state index is -1.73. The van der Waals surface area contributed by atoms with Crippen LogP contribution < -0.4 is 0 Å². The van der Waals surface area contributed by atoms with Crippen molar-refractivity contribution < 1.29 is 39.5 Å². The first-order chi connectivity index (χ1) is 11.3. The molecule has 4 atom stereocenters. The van der Waals surface area contributed by atoms with Crippen molar-refractivity contribution in [2.45, 2.75) is 36.8 Å². The highest BCUT2D eigenvalue weighted by Gasteiger charge is 2.58. The largest absolute Gasteiger partial charge is 0.504 e. The number of ether oxygens (including phenoxy) is 2. The summed E-state index contributed by atoms with van der Waals surface area (Å²) in [5.41, 5.74) is -1.29. The number of carbonyl (C=O) groups is 2. The molecule has 1 aliphatic heterocycles. The zero-order valence-electron chi connectivity index (χ0n) is 12.5. The molecule has 24 heavy (non-hydrogen) atoms. The van der Waals surface area contributed by atoms with Gasteiger partial charge in [-0.25, -0.2) is 9.59 Å². The second kappa shape index (κ2) is 5.81. The number of esters is 2. The number of aliphatic hydroxyl groups excluding tert-OH is 1. The molecule has 8 nitrogen and oxygen atoms in total. The quantitative estimate of drug-likeness (QED) is 0.340. The van der Waals surface area contributed by atoms with Gasteiger partial charge in [0.25, 0.3) is 0 Å². The zero-order valence-corrected chi connectivity index (χ0v) is 12.5. The summed E-state index contributed by atoms with van der Waals surface area (Å²) in [5.74, 6) is -2.22. The van der Waals surface area contributed by atoms with E-state index in [0.717, 1.165) is 6.08 Å². The molecule has 0 unspecified atom stereocenters. The Morgan fingerprint density at radius 1 is 1.29 bits per heavy atom. The summed E-state index contributed by atoms with van der Waals surface area (Å²) in [6.45, 7) is 0. The highest BCUT2D eigenvalue weighted by Crippen LogP contribution is 2.39. The van der Waals surface area contributed by atoms with Gasteiger partial charge in [-0.3, -0.25) is 0 Å². The number of rotatable bonds is 3. The summed E-state index contributed by atoms with van der Waals surface area (Å²) in [6.07, 6.45) is -1.000. The lowest BCUT2D eigenvalue weighted by Crippen LogP contribution is -2.50. The third kappa shape index (κ3) is 2.93. The summed E-state index contributed by atoms with van der Waals surface area (Å²) in [6, 6.07) is 4.00. The van der Waals surface area contributed by atoms with Crippen LogP contribution in [0.4, 0.5) is 0 Å². The summed E-state index contributed by atoms with van der Waals surface area (Å²) >= 11 is 0. The number of phenols is 2. The molecule has 128 valence electrons. The summed E-state index contributed by atoms with van der Waals surface area (Å²) in [5, 5.41) is 38.7. The second-order valence-electron chi connectivity index (χ2n) is 5.93. The van der Waals surface area contributed by atoms with Gasteiger partial charge in [0, 0.05) is 18.9 Å². The molecule has 1 aromatic carbocycles. The predicted octanol–water partition coefficient (Wildman–Crippen LogP) is -0.166.